The van der Waals surface area contributed by atoms with Gasteiger partial charge >= 0.3 is 0 Å². The minimum atomic E-state index is -0.0533. The number of nitrogens with two attached hydrogens (primary N) is 1. The molecule has 2 rings (SSSR count). The molecule has 0 aliphatic heterocycles. The maximum atomic E-state index is 5.96. The Morgan fingerprint density at radius 2 is 2.26 bits per heavy atom. The molecule has 0 fully saturated rings. The lowest BCUT2D eigenvalue weighted by Crippen LogP contribution is -2.12. The summed E-state index contributed by atoms with van der Waals surface area (Å²) in [5.74, 6) is 1.84. The van der Waals surface area contributed by atoms with E-state index in [0.29, 0.717) is 6.61 Å². The fraction of sp³-hybridized carbons (Fsp3) is 0.357. The van der Waals surface area contributed by atoms with E-state index in [-0.39, 0.29) is 6.04 Å². The van der Waals surface area contributed by atoms with Crippen LogP contribution in [0, 0.1) is 6.92 Å². The largest absolute Gasteiger partial charge is 0.491 e. The molecule has 1 unspecified atom stereocenters. The van der Waals surface area contributed by atoms with Crippen LogP contribution in [0.5, 0.6) is 5.75 Å². The van der Waals surface area contributed by atoms with Crippen LogP contribution in [0.4, 0.5) is 0 Å². The third kappa shape index (κ3) is 3.58. The van der Waals surface area contributed by atoms with Gasteiger partial charge in [-0.3, -0.25) is 0 Å². The van der Waals surface area contributed by atoms with Crippen molar-refractivity contribution in [3.63, 3.8) is 0 Å². The number of rotatable bonds is 5. The first-order valence-electron chi connectivity index (χ1n) is 6.23. The summed E-state index contributed by atoms with van der Waals surface area (Å²) in [5.41, 5.74) is 6.97. The van der Waals surface area contributed by atoms with Crippen molar-refractivity contribution >= 4 is 15.9 Å². The number of ether oxygens (including phenoxy) is 1. The second kappa shape index (κ2) is 6.21. The molecule has 5 heteroatoms. The van der Waals surface area contributed by atoms with E-state index in [1.54, 1.807) is 6.20 Å². The average molecular weight is 324 g/mol. The van der Waals surface area contributed by atoms with Gasteiger partial charge in [-0.2, -0.15) is 0 Å². The molecule has 0 aliphatic carbocycles. The van der Waals surface area contributed by atoms with Crippen LogP contribution in [0.3, 0.4) is 0 Å². The monoisotopic (exact) mass is 323 g/mol. The van der Waals surface area contributed by atoms with Crippen molar-refractivity contribution in [2.24, 2.45) is 5.73 Å². The predicted molar refractivity (Wildman–Crippen MR) is 79.2 cm³/mol. The van der Waals surface area contributed by atoms with Gasteiger partial charge < -0.3 is 15.0 Å². The zero-order valence-electron chi connectivity index (χ0n) is 11.1. The fourth-order valence-electron chi connectivity index (χ4n) is 1.90. The second-order valence-corrected chi connectivity index (χ2v) is 5.40. The summed E-state index contributed by atoms with van der Waals surface area (Å²) in [5, 5.41) is 0. The Bertz CT molecular complexity index is 551. The molecule has 0 spiro atoms. The van der Waals surface area contributed by atoms with Crippen molar-refractivity contribution in [3.8, 4) is 5.75 Å². The van der Waals surface area contributed by atoms with E-state index < -0.39 is 0 Å². The van der Waals surface area contributed by atoms with Crippen molar-refractivity contribution < 1.29 is 4.74 Å². The van der Waals surface area contributed by atoms with Gasteiger partial charge in [-0.1, -0.05) is 15.9 Å². The zero-order valence-corrected chi connectivity index (χ0v) is 12.7. The molecule has 19 heavy (non-hydrogen) atoms. The molecule has 1 aromatic heterocycles. The van der Waals surface area contributed by atoms with Crippen LogP contribution in [0.15, 0.2) is 35.1 Å². The number of benzene rings is 1. The summed E-state index contributed by atoms with van der Waals surface area (Å²) in [7, 11) is 0. The lowest BCUT2D eigenvalue weighted by Gasteiger charge is -2.15. The molecule has 0 aliphatic rings. The van der Waals surface area contributed by atoms with Crippen molar-refractivity contribution in [1.29, 1.82) is 0 Å². The SMILES string of the molecule is Cc1nccn1CCOc1ccc(Br)cc1C(C)N. The number of imidazole rings is 1. The van der Waals surface area contributed by atoms with E-state index in [1.165, 1.54) is 0 Å². The van der Waals surface area contributed by atoms with E-state index in [4.69, 9.17) is 10.5 Å². The number of hydrogen-bond donors (Lipinski definition) is 1. The van der Waals surface area contributed by atoms with Gasteiger partial charge in [0.2, 0.25) is 0 Å². The van der Waals surface area contributed by atoms with Crippen LogP contribution in [-0.4, -0.2) is 16.2 Å². The van der Waals surface area contributed by atoms with Crippen LogP contribution in [-0.2, 0) is 6.54 Å². The number of halogens is 1. The lowest BCUT2D eigenvalue weighted by molar-refractivity contribution is 0.293. The minimum Gasteiger partial charge on any atom is -0.491 e. The summed E-state index contributed by atoms with van der Waals surface area (Å²) in [4.78, 5) is 4.18. The summed E-state index contributed by atoms with van der Waals surface area (Å²) >= 11 is 3.45. The quantitative estimate of drug-likeness (QED) is 0.920. The summed E-state index contributed by atoms with van der Waals surface area (Å²) in [6.45, 7) is 5.31. The number of hydrogen-bond acceptors (Lipinski definition) is 3. The van der Waals surface area contributed by atoms with Crippen molar-refractivity contribution in [1.82, 2.24) is 9.55 Å². The predicted octanol–water partition coefficient (Wildman–Crippen LogP) is 3.05. The van der Waals surface area contributed by atoms with Gasteiger partial charge in [0.15, 0.2) is 0 Å². The Balaban J connectivity index is 2.01. The molecule has 0 saturated heterocycles. The molecule has 0 saturated carbocycles. The molecule has 1 heterocycles. The number of aryl methyl sites for hydroxylation is 1. The molecule has 2 aromatic rings. The maximum absolute atomic E-state index is 5.96. The highest BCUT2D eigenvalue weighted by Gasteiger charge is 2.09. The normalized spacial score (nSPS) is 12.4. The van der Waals surface area contributed by atoms with Crippen molar-refractivity contribution in [3.05, 3.63) is 46.5 Å². The van der Waals surface area contributed by atoms with Gasteiger partial charge in [-0.05, 0) is 32.0 Å². The Hall–Kier alpha value is -1.33. The molecule has 2 N–H and O–H groups in total. The summed E-state index contributed by atoms with van der Waals surface area (Å²) in [6, 6.07) is 5.86. The second-order valence-electron chi connectivity index (χ2n) is 4.49. The summed E-state index contributed by atoms with van der Waals surface area (Å²) in [6.07, 6.45) is 3.75. The van der Waals surface area contributed by atoms with Gasteiger partial charge in [0.05, 0.1) is 6.54 Å². The Morgan fingerprint density at radius 3 is 2.89 bits per heavy atom. The molecule has 1 atom stereocenters. The van der Waals surface area contributed by atoms with Crippen molar-refractivity contribution in [2.75, 3.05) is 6.61 Å². The van der Waals surface area contributed by atoms with E-state index >= 15 is 0 Å². The standard InChI is InChI=1S/C14H18BrN3O/c1-10(16)13-9-12(15)3-4-14(13)19-8-7-18-6-5-17-11(18)2/h3-6,9-10H,7-8,16H2,1-2H3. The molecular formula is C14H18BrN3O. The molecule has 4 nitrogen and oxygen atoms in total. The highest BCUT2D eigenvalue weighted by atomic mass is 79.9. The number of nitrogens with zero attached hydrogens (tertiary/aromatic N) is 2. The van der Waals surface area contributed by atoms with Crippen LogP contribution in [0.2, 0.25) is 0 Å². The van der Waals surface area contributed by atoms with Crippen molar-refractivity contribution in [2.45, 2.75) is 26.4 Å². The van der Waals surface area contributed by atoms with E-state index in [2.05, 4.69) is 25.5 Å². The highest BCUT2D eigenvalue weighted by molar-refractivity contribution is 9.10. The van der Waals surface area contributed by atoms with Gasteiger partial charge in [0, 0.05) is 28.5 Å². The average Bonchev–Trinajstić information content (AvgIpc) is 2.77. The first kappa shape index (κ1) is 14.1. The topological polar surface area (TPSA) is 53.1 Å². The van der Waals surface area contributed by atoms with E-state index in [9.17, 15) is 0 Å². The smallest absolute Gasteiger partial charge is 0.124 e. The lowest BCUT2D eigenvalue weighted by atomic mass is 10.1. The van der Waals surface area contributed by atoms with Crippen LogP contribution in [0.25, 0.3) is 0 Å². The third-order valence-electron chi connectivity index (χ3n) is 2.98. The van der Waals surface area contributed by atoms with Gasteiger partial charge in [0.25, 0.3) is 0 Å². The van der Waals surface area contributed by atoms with Gasteiger partial charge in [-0.15, -0.1) is 0 Å². The maximum Gasteiger partial charge on any atom is 0.124 e. The molecule has 0 radical (unpaired) electrons. The molecule has 0 amide bonds. The first-order valence-corrected chi connectivity index (χ1v) is 7.03. The van der Waals surface area contributed by atoms with Crippen LogP contribution < -0.4 is 10.5 Å². The molecular weight excluding hydrogens is 306 g/mol. The summed E-state index contributed by atoms with van der Waals surface area (Å²) < 4.78 is 8.90. The zero-order chi connectivity index (χ0) is 13.8. The molecule has 0 bridgehead atoms. The van der Waals surface area contributed by atoms with Crippen LogP contribution in [0.1, 0.15) is 24.4 Å². The molecule has 102 valence electrons. The minimum absolute atomic E-state index is 0.0533. The third-order valence-corrected chi connectivity index (χ3v) is 3.47. The first-order chi connectivity index (χ1) is 9.08. The Labute approximate surface area is 121 Å². The van der Waals surface area contributed by atoms with Crippen LogP contribution >= 0.6 is 15.9 Å². The Kier molecular flexibility index (Phi) is 4.61. The molecule has 1 aromatic carbocycles. The van der Waals surface area contributed by atoms with E-state index in [0.717, 1.165) is 28.2 Å². The van der Waals surface area contributed by atoms with Gasteiger partial charge in [-0.25, -0.2) is 4.98 Å². The number of aromatic nitrogens is 2. The van der Waals surface area contributed by atoms with E-state index in [1.807, 2.05) is 38.2 Å². The highest BCUT2D eigenvalue weighted by Crippen LogP contribution is 2.27. The fourth-order valence-corrected chi connectivity index (χ4v) is 2.28. The van der Waals surface area contributed by atoms with Gasteiger partial charge in [0.1, 0.15) is 18.2 Å². The Morgan fingerprint density at radius 1 is 1.47 bits per heavy atom.